The third-order valence-electron chi connectivity index (χ3n) is 5.82. The Bertz CT molecular complexity index is 821. The second kappa shape index (κ2) is 34.2. The molecule has 232 valence electrons. The van der Waals surface area contributed by atoms with Crippen molar-refractivity contribution in [3.63, 3.8) is 0 Å². The largest absolute Gasteiger partial charge is 1.00 e. The molecule has 0 aromatic carbocycles. The normalized spacial score (nSPS) is 17.8. The average molecular weight is 712 g/mol. The van der Waals surface area contributed by atoms with Crippen LogP contribution in [0.15, 0.2) is 70.9 Å². The first kappa shape index (κ1) is 49.2. The van der Waals surface area contributed by atoms with Crippen LogP contribution in [0.1, 0.15) is 92.9 Å². The van der Waals surface area contributed by atoms with Gasteiger partial charge in [0, 0.05) is 0 Å². The zero-order valence-electron chi connectivity index (χ0n) is 28.2. The molecule has 4 aliphatic carbocycles. The zero-order valence-corrected chi connectivity index (χ0v) is 34.8. The molecular weight excluding hydrogens is 655 g/mol. The predicted octanol–water partition coefficient (Wildman–Crippen LogP) is 5.19. The molecule has 0 fully saturated rings. The Labute approximate surface area is 299 Å². The molecule has 0 amide bonds. The minimum atomic E-state index is 0. The second-order valence-corrected chi connectivity index (χ2v) is 23.4. The number of halogens is 2. The SMILES string of the molecule is CCC1=[C-]C(CC)C=C1CC.CCC1=[C-]C(CC)C=C1CC.C[Si](C)=[Ti+2].C[Si](C)=[Ti+2].[C-]1=CC=CC1.[C-]1=CC=CC1.[Cl-].[Cl-]. The van der Waals surface area contributed by atoms with Gasteiger partial charge in [-0.1, -0.05) is 91.9 Å². The van der Waals surface area contributed by atoms with Crippen LogP contribution in [0, 0.1) is 36.1 Å². The zero-order chi connectivity index (χ0) is 30.8. The molecule has 0 nitrogen and oxygen atoms in total. The van der Waals surface area contributed by atoms with Crippen LogP contribution in [0.5, 0.6) is 0 Å². The fourth-order valence-corrected chi connectivity index (χ4v) is 3.84. The van der Waals surface area contributed by atoms with E-state index in [1.807, 2.05) is 24.3 Å². The van der Waals surface area contributed by atoms with Crippen LogP contribution in [0.3, 0.4) is 0 Å². The maximum Gasteiger partial charge on any atom is -0.109 e. The van der Waals surface area contributed by atoms with Crippen LogP contribution in [-0.4, -0.2) is 12.4 Å². The Balaban J connectivity index is -0.000000216. The van der Waals surface area contributed by atoms with E-state index >= 15 is 0 Å². The summed E-state index contributed by atoms with van der Waals surface area (Å²) in [5.74, 6) is 1.22. The Hall–Kier alpha value is 0.362. The number of hydrogen-bond donors (Lipinski definition) is 0. The Morgan fingerprint density at radius 3 is 1.05 bits per heavy atom. The molecule has 2 unspecified atom stereocenters. The van der Waals surface area contributed by atoms with Crippen molar-refractivity contribution in [2.45, 2.75) is 119 Å². The van der Waals surface area contributed by atoms with Crippen LogP contribution in [0.4, 0.5) is 0 Å². The van der Waals surface area contributed by atoms with Gasteiger partial charge in [-0.3, -0.25) is 24.3 Å². The van der Waals surface area contributed by atoms with Crippen molar-refractivity contribution < 1.29 is 63.2 Å². The van der Waals surface area contributed by atoms with Crippen LogP contribution in [-0.2, 0) is 38.3 Å². The molecule has 0 heterocycles. The fraction of sp³-hybridized carbons (Fsp3) is 0.556. The number of rotatable bonds is 6. The standard InChI is InChI=1S/2C11H17.2C5H5.2C2H6Si.2ClH.2Ti/c2*1-4-9-7-10(5-2)11(6-3)8-9;2*1-2-4-5-3-1;2*1-3-2;;;;/h2*7,9H,4-6H2,1-3H3;2*1-3H,4H2;2*1-2H3;2*1H;;/q4*-1;;;;;2*+2/p-2. The summed E-state index contributed by atoms with van der Waals surface area (Å²) >= 11 is 4.54. The maximum atomic E-state index is 3.52. The smallest absolute Gasteiger partial charge is 0.109 e. The van der Waals surface area contributed by atoms with Crippen LogP contribution in [0.2, 0.25) is 26.2 Å². The van der Waals surface area contributed by atoms with Gasteiger partial charge in [-0.2, -0.15) is 35.5 Å². The van der Waals surface area contributed by atoms with E-state index < -0.39 is 0 Å². The average Bonchev–Trinajstić information content (AvgIpc) is 3.75. The molecule has 0 radical (unpaired) electrons. The van der Waals surface area contributed by atoms with E-state index in [0.717, 1.165) is 25.7 Å². The Morgan fingerprint density at radius 1 is 0.619 bits per heavy atom. The summed E-state index contributed by atoms with van der Waals surface area (Å²) in [5.41, 5.74) is 5.97. The maximum absolute atomic E-state index is 3.52. The molecule has 6 heteroatoms. The summed E-state index contributed by atoms with van der Waals surface area (Å²) in [4.78, 5) is 0. The predicted molar refractivity (Wildman–Crippen MR) is 177 cm³/mol. The van der Waals surface area contributed by atoms with Crippen LogP contribution in [0.25, 0.3) is 0 Å². The summed E-state index contributed by atoms with van der Waals surface area (Å²) in [6.45, 7) is 22.4. The van der Waals surface area contributed by atoms with Gasteiger partial charge < -0.3 is 24.8 Å². The molecule has 42 heavy (non-hydrogen) atoms. The fourth-order valence-electron chi connectivity index (χ4n) is 3.84. The van der Waals surface area contributed by atoms with Gasteiger partial charge in [0.2, 0.25) is 0 Å². The van der Waals surface area contributed by atoms with Gasteiger partial charge in [0.05, 0.1) is 0 Å². The Morgan fingerprint density at radius 2 is 0.929 bits per heavy atom. The molecule has 0 N–H and O–H groups in total. The second-order valence-electron chi connectivity index (χ2n) is 10.1. The topological polar surface area (TPSA) is 0 Å². The molecule has 0 saturated carbocycles. The summed E-state index contributed by atoms with van der Waals surface area (Å²) < 4.78 is 0. The minimum absolute atomic E-state index is 0. The van der Waals surface area contributed by atoms with E-state index in [9.17, 15) is 0 Å². The van der Waals surface area contributed by atoms with Crippen LogP contribution < -0.4 is 24.8 Å². The minimum Gasteiger partial charge on any atom is -1.00 e. The van der Waals surface area contributed by atoms with Crippen molar-refractivity contribution >= 4 is 12.4 Å². The monoisotopic (exact) mass is 710 g/mol. The molecule has 4 rings (SSSR count). The van der Waals surface area contributed by atoms with Crippen molar-refractivity contribution in [2.75, 3.05) is 0 Å². The molecule has 2 atom stereocenters. The van der Waals surface area contributed by atoms with Gasteiger partial charge in [-0.15, -0.1) is 12.8 Å². The molecule has 0 saturated heterocycles. The quantitative estimate of drug-likeness (QED) is 0.263. The van der Waals surface area contributed by atoms with E-state index in [4.69, 9.17) is 0 Å². The van der Waals surface area contributed by atoms with Crippen molar-refractivity contribution in [1.82, 2.24) is 0 Å². The van der Waals surface area contributed by atoms with Crippen molar-refractivity contribution in [1.29, 1.82) is 0 Å². The molecule has 0 spiro atoms. The van der Waals surface area contributed by atoms with E-state index in [1.54, 1.807) is 0 Å². The molecule has 0 bridgehead atoms. The first-order valence-corrected chi connectivity index (χ1v) is 24.9. The van der Waals surface area contributed by atoms with E-state index in [2.05, 4.69) is 155 Å². The van der Waals surface area contributed by atoms with Crippen molar-refractivity contribution in [2.24, 2.45) is 11.8 Å². The van der Waals surface area contributed by atoms with E-state index in [1.165, 1.54) is 48.0 Å². The summed E-state index contributed by atoms with van der Waals surface area (Å²) in [7, 11) is 0. The molecule has 0 aromatic heterocycles. The summed E-state index contributed by atoms with van der Waals surface area (Å²) in [6, 6.07) is 0. The molecule has 4 aliphatic rings. The van der Waals surface area contributed by atoms with Gasteiger partial charge >= 0.3 is 76.9 Å². The van der Waals surface area contributed by atoms with Crippen LogP contribution >= 0.6 is 0 Å². The van der Waals surface area contributed by atoms with Gasteiger partial charge in [-0.25, -0.2) is 35.5 Å². The Kier molecular flexibility index (Phi) is 40.1. The van der Waals surface area contributed by atoms with Gasteiger partial charge in [0.15, 0.2) is 0 Å². The third kappa shape index (κ3) is 29.1. The van der Waals surface area contributed by atoms with Gasteiger partial charge in [0.1, 0.15) is 0 Å². The van der Waals surface area contributed by atoms with E-state index in [0.29, 0.717) is 11.8 Å². The van der Waals surface area contributed by atoms with Crippen molar-refractivity contribution in [3.8, 4) is 0 Å². The third-order valence-corrected chi connectivity index (χ3v) is 5.82. The number of hydrogen-bond acceptors (Lipinski definition) is 0. The summed E-state index contributed by atoms with van der Waals surface area (Å²) in [5, 5.41) is 0. The molecule has 0 aromatic rings. The van der Waals surface area contributed by atoms with Crippen molar-refractivity contribution in [3.05, 3.63) is 95.2 Å². The summed E-state index contributed by atoms with van der Waals surface area (Å²) in [6.07, 6.45) is 39.1. The van der Waals surface area contributed by atoms with Gasteiger partial charge in [0.25, 0.3) is 0 Å². The first-order chi connectivity index (χ1) is 19.1. The molecule has 0 aliphatic heterocycles. The first-order valence-electron chi connectivity index (χ1n) is 15.2. The molecular formula is C36H56Cl2Si2Ti2-2. The van der Waals surface area contributed by atoms with E-state index in [-0.39, 0.29) is 37.2 Å². The number of allylic oxidation sites excluding steroid dienone is 16. The van der Waals surface area contributed by atoms with Gasteiger partial charge in [-0.05, 0) is 0 Å².